The van der Waals surface area contributed by atoms with E-state index in [1.807, 2.05) is 31.4 Å². The number of aromatic nitrogens is 1. The fraction of sp³-hybridized carbons (Fsp3) is 0.621. The molecule has 4 atom stereocenters. The number of ether oxygens (including phenoxy) is 3. The summed E-state index contributed by atoms with van der Waals surface area (Å²) in [5.74, 6) is -1.89. The molecule has 0 bridgehead atoms. The number of likely N-dealkylation sites (tertiary alicyclic amines) is 1. The maximum Gasteiger partial charge on any atom is 0.251 e. The number of benzene rings is 1. The van der Waals surface area contributed by atoms with Crippen molar-refractivity contribution in [3.05, 3.63) is 35.2 Å². The zero-order valence-corrected chi connectivity index (χ0v) is 25.2. The summed E-state index contributed by atoms with van der Waals surface area (Å²) in [4.78, 5) is 38.0. The Labute approximate surface area is 244 Å². The Bertz CT molecular complexity index is 1210. The molecule has 3 aliphatic heterocycles. The molecule has 0 aliphatic carbocycles. The van der Waals surface area contributed by atoms with E-state index >= 15 is 0 Å². The van der Waals surface area contributed by atoms with Crippen LogP contribution in [0.25, 0.3) is 11.3 Å². The quantitative estimate of drug-likeness (QED) is 0.446. The SMILES string of the molecule is COC1(OC)CO[C@H]2[C@@H]1N(C(=O)[C@H](CC(C)C)NC(=O)c1ccc(-c3csc(N4CCN(C)CC4)n3)cc1)C[C@@H]2F. The van der Waals surface area contributed by atoms with Crippen molar-refractivity contribution < 1.29 is 28.2 Å². The summed E-state index contributed by atoms with van der Waals surface area (Å²) in [6.07, 6.45) is -1.82. The van der Waals surface area contributed by atoms with E-state index in [1.54, 1.807) is 23.5 Å². The Balaban J connectivity index is 1.28. The lowest BCUT2D eigenvalue weighted by atomic mass is 10.00. The number of fused-ring (bicyclic) bond motifs is 1. The fourth-order valence-corrected chi connectivity index (χ4v) is 6.79. The number of piperazine rings is 1. The van der Waals surface area contributed by atoms with Gasteiger partial charge in [0.1, 0.15) is 31.0 Å². The normalized spacial score (nSPS) is 25.0. The minimum atomic E-state index is -1.37. The molecule has 3 fully saturated rings. The number of carbonyl (C=O) groups is 2. The lowest BCUT2D eigenvalue weighted by Crippen LogP contribution is -2.58. The summed E-state index contributed by atoms with van der Waals surface area (Å²) in [5, 5.41) is 5.95. The Morgan fingerprint density at radius 3 is 2.49 bits per heavy atom. The molecule has 5 rings (SSSR count). The van der Waals surface area contributed by atoms with Crippen LogP contribution in [-0.2, 0) is 19.0 Å². The number of nitrogens with zero attached hydrogens (tertiary/aromatic N) is 4. The molecule has 0 radical (unpaired) electrons. The van der Waals surface area contributed by atoms with Crippen molar-refractivity contribution >= 4 is 28.3 Å². The molecule has 0 saturated carbocycles. The number of alkyl halides is 1. The van der Waals surface area contributed by atoms with Gasteiger partial charge in [-0.15, -0.1) is 11.3 Å². The number of rotatable bonds is 9. The van der Waals surface area contributed by atoms with Crippen molar-refractivity contribution in [2.45, 2.75) is 50.4 Å². The molecular formula is C29H40FN5O5S. The van der Waals surface area contributed by atoms with Crippen LogP contribution in [0, 0.1) is 5.92 Å². The highest BCUT2D eigenvalue weighted by Gasteiger charge is 2.62. The third kappa shape index (κ3) is 5.98. The summed E-state index contributed by atoms with van der Waals surface area (Å²) >= 11 is 1.62. The molecule has 3 aliphatic rings. The maximum absolute atomic E-state index is 14.9. The van der Waals surface area contributed by atoms with E-state index in [2.05, 4.69) is 22.2 Å². The number of thiazole rings is 1. The first-order valence-corrected chi connectivity index (χ1v) is 15.0. The van der Waals surface area contributed by atoms with Gasteiger partial charge in [0, 0.05) is 56.9 Å². The van der Waals surface area contributed by atoms with Gasteiger partial charge in [0.2, 0.25) is 11.7 Å². The van der Waals surface area contributed by atoms with Crippen LogP contribution in [0.1, 0.15) is 30.6 Å². The topological polar surface area (TPSA) is 96.5 Å². The number of amides is 2. The monoisotopic (exact) mass is 589 g/mol. The molecule has 0 spiro atoms. The molecule has 3 saturated heterocycles. The molecular weight excluding hydrogens is 549 g/mol. The van der Waals surface area contributed by atoms with Gasteiger partial charge in [-0.1, -0.05) is 26.0 Å². The number of nitrogens with one attached hydrogen (secondary N) is 1. The lowest BCUT2D eigenvalue weighted by Gasteiger charge is -2.37. The standard InChI is InChI=1S/C29H40FN5O5S/c1-18(2)14-22(27(37)35-15-21(30)24-25(35)29(38-4,39-5)17-40-24)31-26(36)20-8-6-19(7-9-20)23-16-41-28(32-23)34-12-10-33(3)11-13-34/h6-9,16,18,21-22,24-25H,10-15,17H2,1-5H3,(H,31,36)/t21-,22-,24+,25-/m0/s1. The molecule has 2 aromatic rings. The Hall–Kier alpha value is -2.64. The second-order valence-electron chi connectivity index (χ2n) is 11.5. The van der Waals surface area contributed by atoms with Gasteiger partial charge in [-0.3, -0.25) is 9.59 Å². The molecule has 1 N–H and O–H groups in total. The van der Waals surface area contributed by atoms with E-state index in [0.29, 0.717) is 12.0 Å². The number of anilines is 1. The van der Waals surface area contributed by atoms with Crippen molar-refractivity contribution in [1.29, 1.82) is 0 Å². The second kappa shape index (κ2) is 12.3. The maximum atomic E-state index is 14.9. The van der Waals surface area contributed by atoms with Crippen LogP contribution < -0.4 is 10.2 Å². The second-order valence-corrected chi connectivity index (χ2v) is 12.3. The van der Waals surface area contributed by atoms with Gasteiger partial charge >= 0.3 is 0 Å². The number of likely N-dealkylation sites (N-methyl/N-ethyl adjacent to an activating group) is 1. The van der Waals surface area contributed by atoms with Crippen LogP contribution in [0.2, 0.25) is 0 Å². The van der Waals surface area contributed by atoms with E-state index in [4.69, 9.17) is 19.2 Å². The van der Waals surface area contributed by atoms with Gasteiger partial charge in [-0.2, -0.15) is 0 Å². The highest BCUT2D eigenvalue weighted by atomic mass is 32.1. The molecule has 1 aromatic carbocycles. The van der Waals surface area contributed by atoms with Gasteiger partial charge in [-0.25, -0.2) is 9.37 Å². The van der Waals surface area contributed by atoms with Gasteiger partial charge in [-0.05, 0) is 31.5 Å². The van der Waals surface area contributed by atoms with E-state index < -0.39 is 30.1 Å². The Kier molecular flexibility index (Phi) is 8.95. The van der Waals surface area contributed by atoms with Crippen molar-refractivity contribution in [1.82, 2.24) is 20.1 Å². The van der Waals surface area contributed by atoms with Crippen molar-refractivity contribution in [2.75, 3.05) is 65.5 Å². The number of halogens is 1. The summed E-state index contributed by atoms with van der Waals surface area (Å²) in [7, 11) is 5.04. The summed E-state index contributed by atoms with van der Waals surface area (Å²) in [6, 6.07) is 5.63. The van der Waals surface area contributed by atoms with E-state index in [1.165, 1.54) is 19.1 Å². The molecule has 41 heavy (non-hydrogen) atoms. The number of hydrogen-bond donors (Lipinski definition) is 1. The number of carbonyl (C=O) groups excluding carboxylic acids is 2. The van der Waals surface area contributed by atoms with Crippen LogP contribution in [0.4, 0.5) is 9.52 Å². The number of hydrogen-bond acceptors (Lipinski definition) is 9. The van der Waals surface area contributed by atoms with Crippen LogP contribution in [-0.4, -0.2) is 117 Å². The summed E-state index contributed by atoms with van der Waals surface area (Å²) in [5.41, 5.74) is 2.22. The van der Waals surface area contributed by atoms with Crippen molar-refractivity contribution in [2.24, 2.45) is 5.92 Å². The lowest BCUT2D eigenvalue weighted by molar-refractivity contribution is -0.227. The first-order chi connectivity index (χ1) is 19.7. The van der Waals surface area contributed by atoms with Crippen LogP contribution in [0.3, 0.4) is 0 Å². The molecule has 4 heterocycles. The van der Waals surface area contributed by atoms with Gasteiger partial charge in [0.15, 0.2) is 5.13 Å². The minimum Gasteiger partial charge on any atom is -0.367 e. The summed E-state index contributed by atoms with van der Waals surface area (Å²) < 4.78 is 31.8. The molecule has 2 amide bonds. The van der Waals surface area contributed by atoms with Crippen LogP contribution in [0.15, 0.2) is 29.6 Å². The third-order valence-electron chi connectivity index (χ3n) is 8.30. The molecule has 0 unspecified atom stereocenters. The molecule has 1 aromatic heterocycles. The third-order valence-corrected chi connectivity index (χ3v) is 9.20. The van der Waals surface area contributed by atoms with Gasteiger partial charge < -0.3 is 34.2 Å². The van der Waals surface area contributed by atoms with Crippen molar-refractivity contribution in [3.63, 3.8) is 0 Å². The van der Waals surface area contributed by atoms with Crippen LogP contribution in [0.5, 0.6) is 0 Å². The van der Waals surface area contributed by atoms with E-state index in [0.717, 1.165) is 42.6 Å². The fourth-order valence-electron chi connectivity index (χ4n) is 5.90. The van der Waals surface area contributed by atoms with E-state index in [9.17, 15) is 14.0 Å². The summed E-state index contributed by atoms with van der Waals surface area (Å²) in [6.45, 7) is 7.75. The Morgan fingerprint density at radius 1 is 1.17 bits per heavy atom. The smallest absolute Gasteiger partial charge is 0.251 e. The predicted octanol–water partition coefficient (Wildman–Crippen LogP) is 2.64. The average Bonchev–Trinajstić information content (AvgIpc) is 3.69. The average molecular weight is 590 g/mol. The first kappa shape index (κ1) is 29.8. The zero-order valence-electron chi connectivity index (χ0n) is 24.3. The van der Waals surface area contributed by atoms with E-state index in [-0.39, 0.29) is 30.9 Å². The molecule has 224 valence electrons. The predicted molar refractivity (Wildman–Crippen MR) is 155 cm³/mol. The highest BCUT2D eigenvalue weighted by Crippen LogP contribution is 2.40. The minimum absolute atomic E-state index is 0.0168. The largest absolute Gasteiger partial charge is 0.367 e. The molecule has 10 nitrogen and oxygen atoms in total. The Morgan fingerprint density at radius 2 is 1.85 bits per heavy atom. The first-order valence-electron chi connectivity index (χ1n) is 14.1. The van der Waals surface area contributed by atoms with Crippen LogP contribution >= 0.6 is 11.3 Å². The zero-order chi connectivity index (χ0) is 29.3. The van der Waals surface area contributed by atoms with Crippen molar-refractivity contribution in [3.8, 4) is 11.3 Å². The van der Waals surface area contributed by atoms with Gasteiger partial charge in [0.25, 0.3) is 5.91 Å². The van der Waals surface area contributed by atoms with Gasteiger partial charge in [0.05, 0.1) is 12.2 Å². The molecule has 12 heteroatoms. The number of methoxy groups -OCH3 is 2. The highest BCUT2D eigenvalue weighted by molar-refractivity contribution is 7.14.